The van der Waals surface area contributed by atoms with Crippen LogP contribution in [-0.4, -0.2) is 27.9 Å². The Balaban J connectivity index is 1.76. The van der Waals surface area contributed by atoms with Crippen LogP contribution in [0.5, 0.6) is 0 Å². The standard InChI is InChI=1S/C12H10N4OS3/c1-7-14-15-12(19-7)20-9-2-4-16(10(9)17)11-8(6-13)3-5-18-11/h3,5,9H,2,4H2,1H3/t9-/m1/s1. The maximum atomic E-state index is 12.4. The number of aromatic nitrogens is 2. The van der Waals surface area contributed by atoms with Gasteiger partial charge in [-0.2, -0.15) is 5.26 Å². The second-order valence-electron chi connectivity index (χ2n) is 4.22. The molecule has 0 bridgehead atoms. The van der Waals surface area contributed by atoms with Crippen LogP contribution >= 0.6 is 34.4 Å². The molecular weight excluding hydrogens is 312 g/mol. The molecule has 0 unspecified atom stereocenters. The summed E-state index contributed by atoms with van der Waals surface area (Å²) in [5, 5.41) is 20.4. The minimum Gasteiger partial charge on any atom is -0.302 e. The summed E-state index contributed by atoms with van der Waals surface area (Å²) in [4.78, 5) is 14.2. The fourth-order valence-electron chi connectivity index (χ4n) is 2.01. The van der Waals surface area contributed by atoms with E-state index >= 15 is 0 Å². The van der Waals surface area contributed by atoms with Crippen molar-refractivity contribution in [3.8, 4) is 6.07 Å². The van der Waals surface area contributed by atoms with E-state index in [-0.39, 0.29) is 11.2 Å². The molecule has 3 rings (SSSR count). The van der Waals surface area contributed by atoms with Gasteiger partial charge in [-0.15, -0.1) is 21.5 Å². The molecule has 102 valence electrons. The third-order valence-corrected chi connectivity index (χ3v) is 6.03. The number of carbonyl (C=O) groups is 1. The van der Waals surface area contributed by atoms with Crippen LogP contribution in [-0.2, 0) is 4.79 Å². The highest BCUT2D eigenvalue weighted by atomic mass is 32.2. The van der Waals surface area contributed by atoms with E-state index in [1.807, 2.05) is 12.3 Å². The van der Waals surface area contributed by atoms with Gasteiger partial charge in [0.25, 0.3) is 0 Å². The fraction of sp³-hybridized carbons (Fsp3) is 0.333. The number of carbonyl (C=O) groups excluding carboxylic acids is 1. The van der Waals surface area contributed by atoms with Gasteiger partial charge in [-0.3, -0.25) is 4.79 Å². The molecule has 1 atom stereocenters. The summed E-state index contributed by atoms with van der Waals surface area (Å²) < 4.78 is 0.828. The van der Waals surface area contributed by atoms with E-state index in [1.54, 1.807) is 11.0 Å². The third kappa shape index (κ3) is 2.44. The monoisotopic (exact) mass is 322 g/mol. The molecule has 0 saturated carbocycles. The lowest BCUT2D eigenvalue weighted by Crippen LogP contribution is -2.27. The zero-order valence-electron chi connectivity index (χ0n) is 10.6. The van der Waals surface area contributed by atoms with Gasteiger partial charge in [0.2, 0.25) is 5.91 Å². The highest BCUT2D eigenvalue weighted by molar-refractivity contribution is 8.02. The molecule has 0 spiro atoms. The molecule has 1 aliphatic heterocycles. The highest BCUT2D eigenvalue weighted by Gasteiger charge is 2.35. The van der Waals surface area contributed by atoms with Crippen LogP contribution < -0.4 is 4.90 Å². The summed E-state index contributed by atoms with van der Waals surface area (Å²) in [6.07, 6.45) is 0.769. The first kappa shape index (κ1) is 13.5. The zero-order valence-corrected chi connectivity index (χ0v) is 13.0. The van der Waals surface area contributed by atoms with Gasteiger partial charge in [0.05, 0.1) is 10.8 Å². The largest absolute Gasteiger partial charge is 0.302 e. The average Bonchev–Trinajstić information content (AvgIpc) is 3.12. The van der Waals surface area contributed by atoms with Crippen LogP contribution in [0.2, 0.25) is 0 Å². The van der Waals surface area contributed by atoms with Gasteiger partial charge in [0.1, 0.15) is 16.1 Å². The van der Waals surface area contributed by atoms with Crippen molar-refractivity contribution in [2.75, 3.05) is 11.4 Å². The number of thiophene rings is 1. The molecule has 5 nitrogen and oxygen atoms in total. The first-order chi connectivity index (χ1) is 9.69. The molecule has 2 aromatic heterocycles. The fourth-order valence-corrected chi connectivity index (χ4v) is 4.99. The Bertz CT molecular complexity index is 687. The van der Waals surface area contributed by atoms with E-state index in [9.17, 15) is 4.79 Å². The van der Waals surface area contributed by atoms with E-state index < -0.39 is 0 Å². The predicted molar refractivity (Wildman–Crippen MR) is 80.3 cm³/mol. The first-order valence-corrected chi connectivity index (χ1v) is 8.52. The number of aryl methyl sites for hydroxylation is 1. The summed E-state index contributed by atoms with van der Waals surface area (Å²) in [6, 6.07) is 3.88. The van der Waals surface area contributed by atoms with Crippen LogP contribution in [0.3, 0.4) is 0 Å². The minimum absolute atomic E-state index is 0.0572. The summed E-state index contributed by atoms with van der Waals surface area (Å²) in [5.41, 5.74) is 0.570. The SMILES string of the molecule is Cc1nnc(S[C@@H]2CCN(c3sccc3C#N)C2=O)s1. The number of nitriles is 1. The number of hydrogen-bond acceptors (Lipinski definition) is 7. The highest BCUT2D eigenvalue weighted by Crippen LogP contribution is 2.37. The molecular formula is C12H10N4OS3. The molecule has 0 aliphatic carbocycles. The second kappa shape index (κ2) is 5.52. The summed E-state index contributed by atoms with van der Waals surface area (Å²) in [6.45, 7) is 2.55. The Labute approximate surface area is 128 Å². The maximum Gasteiger partial charge on any atom is 0.241 e. The van der Waals surface area contributed by atoms with Gasteiger partial charge in [-0.05, 0) is 24.8 Å². The Hall–Kier alpha value is -1.43. The molecule has 1 saturated heterocycles. The molecule has 0 N–H and O–H groups in total. The van der Waals surface area contributed by atoms with Gasteiger partial charge in [0, 0.05) is 6.54 Å². The van der Waals surface area contributed by atoms with E-state index in [1.165, 1.54) is 34.4 Å². The van der Waals surface area contributed by atoms with Crippen molar-refractivity contribution in [3.05, 3.63) is 22.0 Å². The van der Waals surface area contributed by atoms with Gasteiger partial charge < -0.3 is 4.90 Å². The topological polar surface area (TPSA) is 69.9 Å². The third-order valence-electron chi connectivity index (χ3n) is 2.92. The summed E-state index contributed by atoms with van der Waals surface area (Å²) in [7, 11) is 0. The van der Waals surface area contributed by atoms with E-state index in [4.69, 9.17) is 5.26 Å². The molecule has 20 heavy (non-hydrogen) atoms. The van der Waals surface area contributed by atoms with E-state index in [0.717, 1.165) is 20.8 Å². The number of thioether (sulfide) groups is 1. The van der Waals surface area contributed by atoms with Crippen LogP contribution in [0, 0.1) is 18.3 Å². The van der Waals surface area contributed by atoms with E-state index in [2.05, 4.69) is 16.3 Å². The van der Waals surface area contributed by atoms with Crippen molar-refractivity contribution in [1.82, 2.24) is 10.2 Å². The minimum atomic E-state index is -0.129. The van der Waals surface area contributed by atoms with Crippen molar-refractivity contribution in [1.29, 1.82) is 5.26 Å². The van der Waals surface area contributed by atoms with Crippen molar-refractivity contribution in [2.24, 2.45) is 0 Å². The lowest BCUT2D eigenvalue weighted by molar-refractivity contribution is -0.116. The van der Waals surface area contributed by atoms with Crippen LogP contribution in [0.4, 0.5) is 5.00 Å². The normalized spacial score (nSPS) is 18.5. The Morgan fingerprint density at radius 2 is 2.40 bits per heavy atom. The lowest BCUT2D eigenvalue weighted by Gasteiger charge is -2.14. The first-order valence-electron chi connectivity index (χ1n) is 5.95. The average molecular weight is 322 g/mol. The van der Waals surface area contributed by atoms with Crippen molar-refractivity contribution in [2.45, 2.75) is 22.9 Å². The predicted octanol–water partition coefficient (Wildman–Crippen LogP) is 2.68. The van der Waals surface area contributed by atoms with Crippen LogP contribution in [0.15, 0.2) is 15.8 Å². The van der Waals surface area contributed by atoms with Crippen molar-refractivity contribution < 1.29 is 4.79 Å². The van der Waals surface area contributed by atoms with Gasteiger partial charge in [0.15, 0.2) is 4.34 Å². The van der Waals surface area contributed by atoms with Crippen LogP contribution in [0.25, 0.3) is 0 Å². The van der Waals surface area contributed by atoms with Crippen molar-refractivity contribution >= 4 is 45.3 Å². The Morgan fingerprint density at radius 3 is 3.10 bits per heavy atom. The van der Waals surface area contributed by atoms with Gasteiger partial charge >= 0.3 is 0 Å². The van der Waals surface area contributed by atoms with Gasteiger partial charge in [-0.1, -0.05) is 23.1 Å². The molecule has 8 heteroatoms. The lowest BCUT2D eigenvalue weighted by atomic mass is 10.3. The molecule has 1 fully saturated rings. The van der Waals surface area contributed by atoms with E-state index in [0.29, 0.717) is 12.1 Å². The Morgan fingerprint density at radius 1 is 1.55 bits per heavy atom. The summed E-state index contributed by atoms with van der Waals surface area (Å²) >= 11 is 4.41. The van der Waals surface area contributed by atoms with Gasteiger partial charge in [-0.25, -0.2) is 0 Å². The number of rotatable bonds is 3. The number of nitrogens with zero attached hydrogens (tertiary/aromatic N) is 4. The molecule has 3 heterocycles. The molecule has 0 radical (unpaired) electrons. The Kier molecular flexibility index (Phi) is 3.74. The quantitative estimate of drug-likeness (QED) is 0.869. The second-order valence-corrected chi connectivity index (χ2v) is 7.75. The molecule has 2 aromatic rings. The molecule has 1 aliphatic rings. The van der Waals surface area contributed by atoms with Crippen LogP contribution in [0.1, 0.15) is 17.0 Å². The maximum absolute atomic E-state index is 12.4. The number of amides is 1. The summed E-state index contributed by atoms with van der Waals surface area (Å²) in [5.74, 6) is 0.0572. The molecule has 0 aromatic carbocycles. The van der Waals surface area contributed by atoms with Crippen molar-refractivity contribution in [3.63, 3.8) is 0 Å². The molecule has 1 amide bonds. The smallest absolute Gasteiger partial charge is 0.241 e. The number of hydrogen-bond donors (Lipinski definition) is 0. The number of anilines is 1. The zero-order chi connectivity index (χ0) is 14.1.